The topological polar surface area (TPSA) is 60.4 Å². The van der Waals surface area contributed by atoms with Crippen molar-refractivity contribution in [2.45, 2.75) is 33.7 Å². The lowest BCUT2D eigenvalue weighted by molar-refractivity contribution is 0.685. The van der Waals surface area contributed by atoms with E-state index in [9.17, 15) is 0 Å². The lowest BCUT2D eigenvalue weighted by Crippen LogP contribution is -2.06. The number of nitrogens with zero attached hydrogens (tertiary/aromatic N) is 1. The van der Waals surface area contributed by atoms with Gasteiger partial charge in [-0.15, -0.1) is 0 Å². The van der Waals surface area contributed by atoms with Crippen molar-refractivity contribution in [1.82, 2.24) is 14.5 Å². The summed E-state index contributed by atoms with van der Waals surface area (Å²) in [5.41, 5.74) is 7.05. The van der Waals surface area contributed by atoms with Gasteiger partial charge in [-0.3, -0.25) is 5.41 Å². The first kappa shape index (κ1) is 14.8. The molecule has 3 heterocycles. The van der Waals surface area contributed by atoms with Crippen LogP contribution in [-0.2, 0) is 6.54 Å². The molecule has 0 aliphatic carbocycles. The number of fused-ring (bicyclic) bond motifs is 2. The van der Waals surface area contributed by atoms with Gasteiger partial charge in [0, 0.05) is 51.5 Å². The summed E-state index contributed by atoms with van der Waals surface area (Å²) >= 11 is 0. The maximum absolute atomic E-state index is 8.97. The average Bonchev–Trinajstić information content (AvgIpc) is 3.20. The lowest BCUT2D eigenvalue weighted by Gasteiger charge is -2.08. The molecule has 0 radical (unpaired) electrons. The van der Waals surface area contributed by atoms with Gasteiger partial charge in [-0.25, -0.2) is 0 Å². The van der Waals surface area contributed by atoms with E-state index in [1.165, 1.54) is 11.2 Å². The van der Waals surface area contributed by atoms with E-state index in [0.717, 1.165) is 46.2 Å². The number of H-pyrrole nitrogens is 2. The second-order valence-electron chi connectivity index (χ2n) is 6.40. The molecule has 4 heteroatoms. The predicted octanol–water partition coefficient (Wildman–Crippen LogP) is 4.89. The van der Waals surface area contributed by atoms with Crippen molar-refractivity contribution in [2.24, 2.45) is 0 Å². The number of benzene rings is 1. The van der Waals surface area contributed by atoms with Crippen molar-refractivity contribution < 1.29 is 0 Å². The zero-order chi connectivity index (χ0) is 16.8. The Morgan fingerprint density at radius 2 is 1.88 bits per heavy atom. The Hall–Kier alpha value is -2.75. The average molecular weight is 318 g/mol. The van der Waals surface area contributed by atoms with Crippen LogP contribution < -0.4 is 0 Å². The molecule has 0 saturated carbocycles. The highest BCUT2D eigenvalue weighted by Crippen LogP contribution is 2.31. The largest absolute Gasteiger partial charge is 0.348 e. The van der Waals surface area contributed by atoms with Gasteiger partial charge in [0.05, 0.1) is 5.71 Å². The Morgan fingerprint density at radius 1 is 1.08 bits per heavy atom. The molecule has 0 saturated heterocycles. The lowest BCUT2D eigenvalue weighted by atomic mass is 9.98. The van der Waals surface area contributed by atoms with E-state index in [4.69, 9.17) is 5.41 Å². The molecule has 3 N–H and O–H groups in total. The molecule has 0 amide bonds. The van der Waals surface area contributed by atoms with Crippen LogP contribution in [0.25, 0.3) is 21.9 Å². The molecule has 0 unspecified atom stereocenters. The molecule has 0 spiro atoms. The van der Waals surface area contributed by atoms with Crippen LogP contribution in [0.3, 0.4) is 0 Å². The Labute approximate surface area is 141 Å². The molecule has 0 aliphatic rings. The normalized spacial score (nSPS) is 11.6. The Balaban J connectivity index is 1.99. The van der Waals surface area contributed by atoms with Crippen LogP contribution in [0.1, 0.15) is 35.9 Å². The van der Waals surface area contributed by atoms with Gasteiger partial charge in [-0.05, 0) is 32.4 Å². The Kier molecular flexibility index (Phi) is 3.34. The highest BCUT2D eigenvalue weighted by Gasteiger charge is 2.22. The van der Waals surface area contributed by atoms with E-state index >= 15 is 0 Å². The molecule has 0 fully saturated rings. The molecule has 24 heavy (non-hydrogen) atoms. The summed E-state index contributed by atoms with van der Waals surface area (Å²) in [7, 11) is 0. The summed E-state index contributed by atoms with van der Waals surface area (Å²) in [6.07, 6.45) is 3.00. The van der Waals surface area contributed by atoms with Gasteiger partial charge in [0.1, 0.15) is 5.65 Å². The van der Waals surface area contributed by atoms with Crippen molar-refractivity contribution in [2.75, 3.05) is 0 Å². The van der Waals surface area contributed by atoms with E-state index in [0.29, 0.717) is 5.71 Å². The number of hydrogen-bond donors (Lipinski definition) is 3. The van der Waals surface area contributed by atoms with Crippen LogP contribution in [0.4, 0.5) is 0 Å². The SMILES string of the molecule is CCCn1c(C)c(C(=N)c2c(C)[nH]c3[nH]ccc23)c2ccccc21. The minimum atomic E-state index is 0.599. The van der Waals surface area contributed by atoms with Crippen LogP contribution in [0.2, 0.25) is 0 Å². The maximum atomic E-state index is 8.97. The standard InChI is InChI=1S/C20H22N4/c1-4-11-24-13(3)18(14-7-5-6-8-16(14)24)19(21)17-12(2)23-20-15(17)9-10-22-20/h5-10,21-23H,4,11H2,1-3H3. The molecule has 4 rings (SSSR count). The molecule has 4 nitrogen and oxygen atoms in total. The van der Waals surface area contributed by atoms with Crippen molar-refractivity contribution in [3.63, 3.8) is 0 Å². The van der Waals surface area contributed by atoms with Gasteiger partial charge < -0.3 is 14.5 Å². The minimum absolute atomic E-state index is 0.599. The van der Waals surface area contributed by atoms with E-state index < -0.39 is 0 Å². The van der Waals surface area contributed by atoms with Crippen LogP contribution in [0.15, 0.2) is 36.5 Å². The fraction of sp³-hybridized carbons (Fsp3) is 0.250. The number of aryl methyl sites for hydroxylation is 2. The molecule has 1 aromatic carbocycles. The van der Waals surface area contributed by atoms with Crippen molar-refractivity contribution in [3.8, 4) is 0 Å². The first-order valence-electron chi connectivity index (χ1n) is 8.46. The van der Waals surface area contributed by atoms with Crippen molar-refractivity contribution in [1.29, 1.82) is 5.41 Å². The van der Waals surface area contributed by atoms with Crippen LogP contribution in [0, 0.1) is 19.3 Å². The number of hydrogen-bond acceptors (Lipinski definition) is 1. The maximum Gasteiger partial charge on any atom is 0.115 e. The van der Waals surface area contributed by atoms with Gasteiger partial charge >= 0.3 is 0 Å². The molecular weight excluding hydrogens is 296 g/mol. The van der Waals surface area contributed by atoms with Gasteiger partial charge in [-0.1, -0.05) is 25.1 Å². The Bertz CT molecular complexity index is 1060. The summed E-state index contributed by atoms with van der Waals surface area (Å²) in [6, 6.07) is 10.5. The van der Waals surface area contributed by atoms with Gasteiger partial charge in [-0.2, -0.15) is 0 Å². The predicted molar refractivity (Wildman–Crippen MR) is 100 cm³/mol. The summed E-state index contributed by atoms with van der Waals surface area (Å²) in [5, 5.41) is 11.2. The molecular formula is C20H22N4. The van der Waals surface area contributed by atoms with E-state index in [1.54, 1.807) is 0 Å². The fourth-order valence-corrected chi connectivity index (χ4v) is 3.84. The third-order valence-electron chi connectivity index (χ3n) is 4.88. The number of rotatable bonds is 4. The number of aromatic amines is 2. The summed E-state index contributed by atoms with van der Waals surface area (Å²) < 4.78 is 2.34. The second-order valence-corrected chi connectivity index (χ2v) is 6.40. The number of para-hydroxylation sites is 1. The summed E-state index contributed by atoms with van der Waals surface area (Å²) in [5.74, 6) is 0. The second kappa shape index (κ2) is 5.41. The highest BCUT2D eigenvalue weighted by atomic mass is 15.0. The van der Waals surface area contributed by atoms with E-state index in [2.05, 4.69) is 52.6 Å². The summed E-state index contributed by atoms with van der Waals surface area (Å²) in [6.45, 7) is 7.35. The van der Waals surface area contributed by atoms with E-state index in [-0.39, 0.29) is 0 Å². The van der Waals surface area contributed by atoms with Gasteiger partial charge in [0.15, 0.2) is 0 Å². The van der Waals surface area contributed by atoms with Crippen LogP contribution in [-0.4, -0.2) is 20.2 Å². The number of aromatic nitrogens is 3. The highest BCUT2D eigenvalue weighted by molar-refractivity contribution is 6.24. The van der Waals surface area contributed by atoms with Gasteiger partial charge in [0.25, 0.3) is 0 Å². The first-order valence-corrected chi connectivity index (χ1v) is 8.46. The number of nitrogens with one attached hydrogen (secondary N) is 3. The fourth-order valence-electron chi connectivity index (χ4n) is 3.84. The minimum Gasteiger partial charge on any atom is -0.348 e. The third-order valence-corrected chi connectivity index (χ3v) is 4.88. The molecule has 0 aliphatic heterocycles. The molecule has 0 bridgehead atoms. The molecule has 3 aromatic heterocycles. The quantitative estimate of drug-likeness (QED) is 0.449. The zero-order valence-electron chi connectivity index (χ0n) is 14.3. The Morgan fingerprint density at radius 3 is 2.67 bits per heavy atom. The van der Waals surface area contributed by atoms with Crippen molar-refractivity contribution in [3.05, 3.63) is 59.0 Å². The molecule has 122 valence electrons. The van der Waals surface area contributed by atoms with E-state index in [1.807, 2.05) is 19.2 Å². The first-order chi connectivity index (χ1) is 11.6. The van der Waals surface area contributed by atoms with Crippen molar-refractivity contribution >= 4 is 27.6 Å². The van der Waals surface area contributed by atoms with Crippen LogP contribution in [0.5, 0.6) is 0 Å². The molecule has 4 aromatic rings. The third kappa shape index (κ3) is 1.96. The zero-order valence-corrected chi connectivity index (χ0v) is 14.3. The molecule has 0 atom stereocenters. The van der Waals surface area contributed by atoms with Gasteiger partial charge in [0.2, 0.25) is 0 Å². The smallest absolute Gasteiger partial charge is 0.115 e. The summed E-state index contributed by atoms with van der Waals surface area (Å²) in [4.78, 5) is 6.56. The van der Waals surface area contributed by atoms with Crippen LogP contribution >= 0.6 is 0 Å². The monoisotopic (exact) mass is 318 g/mol.